The van der Waals surface area contributed by atoms with Gasteiger partial charge in [0.2, 0.25) is 15.7 Å². The average Bonchev–Trinajstić information content (AvgIpc) is 3.02. The number of halogens is 2. The minimum absolute atomic E-state index is 0.259. The number of nitrogens with zero attached hydrogens (tertiary/aromatic N) is 1. The summed E-state index contributed by atoms with van der Waals surface area (Å²) in [7, 11) is -3.53. The zero-order valence-corrected chi connectivity index (χ0v) is 20.1. The normalized spacial score (nSPS) is 11.9. The van der Waals surface area contributed by atoms with Crippen molar-refractivity contribution in [2.45, 2.75) is 20.3 Å². The first-order chi connectivity index (χ1) is 15.1. The molecule has 4 rings (SSSR count). The maximum atomic E-state index is 12.1. The molecule has 0 spiro atoms. The number of rotatable bonds is 6. The van der Waals surface area contributed by atoms with Crippen LogP contribution in [0.1, 0.15) is 19.6 Å². The van der Waals surface area contributed by atoms with E-state index < -0.39 is 10.0 Å². The third kappa shape index (κ3) is 4.77. The number of furan rings is 1. The van der Waals surface area contributed by atoms with Crippen LogP contribution in [0, 0.1) is 5.92 Å². The summed E-state index contributed by atoms with van der Waals surface area (Å²) >= 11 is 12.6. The van der Waals surface area contributed by atoms with Crippen LogP contribution >= 0.6 is 23.2 Å². The van der Waals surface area contributed by atoms with Gasteiger partial charge in [-0.25, -0.2) is 13.4 Å². The molecule has 0 aliphatic rings. The second-order valence-electron chi connectivity index (χ2n) is 8.10. The molecule has 0 saturated carbocycles. The summed E-state index contributed by atoms with van der Waals surface area (Å²) in [5.74, 6) is 0.806. The summed E-state index contributed by atoms with van der Waals surface area (Å²) in [5, 5.41) is 1.76. The molecule has 0 fully saturated rings. The van der Waals surface area contributed by atoms with Crippen LogP contribution in [0.3, 0.4) is 0 Å². The summed E-state index contributed by atoms with van der Waals surface area (Å²) < 4.78 is 32.9. The van der Waals surface area contributed by atoms with Gasteiger partial charge in [-0.05, 0) is 35.7 Å². The van der Waals surface area contributed by atoms with E-state index in [1.165, 1.54) is 0 Å². The van der Waals surface area contributed by atoms with Crippen molar-refractivity contribution >= 4 is 50.0 Å². The third-order valence-corrected chi connectivity index (χ3v) is 6.08. The third-order valence-electron chi connectivity index (χ3n) is 4.92. The number of pyridine rings is 1. The van der Waals surface area contributed by atoms with E-state index >= 15 is 0 Å². The number of hydrogen-bond acceptors (Lipinski definition) is 4. The highest BCUT2D eigenvalue weighted by Gasteiger charge is 2.23. The van der Waals surface area contributed by atoms with Crippen molar-refractivity contribution in [2.24, 2.45) is 5.92 Å². The van der Waals surface area contributed by atoms with Gasteiger partial charge in [-0.3, -0.25) is 4.72 Å². The van der Waals surface area contributed by atoms with Gasteiger partial charge < -0.3 is 4.42 Å². The van der Waals surface area contributed by atoms with Crippen molar-refractivity contribution in [3.63, 3.8) is 0 Å². The smallest absolute Gasteiger partial charge is 0.229 e. The number of anilines is 1. The van der Waals surface area contributed by atoms with E-state index in [2.05, 4.69) is 4.72 Å². The van der Waals surface area contributed by atoms with E-state index in [9.17, 15) is 8.42 Å². The van der Waals surface area contributed by atoms with Crippen molar-refractivity contribution in [1.82, 2.24) is 4.98 Å². The molecule has 8 heteroatoms. The van der Waals surface area contributed by atoms with Gasteiger partial charge in [0.15, 0.2) is 0 Å². The summed E-state index contributed by atoms with van der Waals surface area (Å²) in [6.45, 7) is 4.08. The SMILES string of the molecule is CC(C)Cc1oc2nc(-c3ccccc3Cl)c(-c3ccc(Cl)cc3)cc2c1NS(C)(=O)=O. The predicted molar refractivity (Wildman–Crippen MR) is 132 cm³/mol. The molecule has 0 aliphatic carbocycles. The molecule has 2 heterocycles. The topological polar surface area (TPSA) is 72.2 Å². The molecule has 0 aliphatic heterocycles. The Morgan fingerprint density at radius 3 is 2.34 bits per heavy atom. The molecule has 2 aromatic carbocycles. The Kier molecular flexibility index (Phi) is 6.21. The second-order valence-corrected chi connectivity index (χ2v) is 10.7. The van der Waals surface area contributed by atoms with Gasteiger partial charge in [0, 0.05) is 27.6 Å². The molecule has 5 nitrogen and oxygen atoms in total. The van der Waals surface area contributed by atoms with Gasteiger partial charge >= 0.3 is 0 Å². The summed E-state index contributed by atoms with van der Waals surface area (Å²) in [5.41, 5.74) is 3.82. The van der Waals surface area contributed by atoms with Crippen LogP contribution in [0.25, 0.3) is 33.5 Å². The van der Waals surface area contributed by atoms with Crippen LogP contribution in [0.4, 0.5) is 5.69 Å². The van der Waals surface area contributed by atoms with Gasteiger partial charge in [-0.2, -0.15) is 0 Å². The quantitative estimate of drug-likeness (QED) is 0.315. The zero-order valence-electron chi connectivity index (χ0n) is 17.8. The van der Waals surface area contributed by atoms with Crippen LogP contribution in [0.2, 0.25) is 10.0 Å². The molecule has 1 N–H and O–H groups in total. The van der Waals surface area contributed by atoms with E-state index in [0.717, 1.165) is 22.9 Å². The Labute approximate surface area is 197 Å². The van der Waals surface area contributed by atoms with E-state index in [1.54, 1.807) is 18.2 Å². The van der Waals surface area contributed by atoms with Crippen molar-refractivity contribution in [3.05, 3.63) is 70.4 Å². The number of nitrogens with one attached hydrogen (secondary N) is 1. The maximum absolute atomic E-state index is 12.1. The number of sulfonamides is 1. The number of fused-ring (bicyclic) bond motifs is 1. The first-order valence-corrected chi connectivity index (χ1v) is 12.7. The van der Waals surface area contributed by atoms with Gasteiger partial charge in [0.05, 0.1) is 23.0 Å². The van der Waals surface area contributed by atoms with Crippen LogP contribution in [-0.2, 0) is 16.4 Å². The van der Waals surface area contributed by atoms with Crippen molar-refractivity contribution < 1.29 is 12.8 Å². The molecule has 32 heavy (non-hydrogen) atoms. The van der Waals surface area contributed by atoms with Gasteiger partial charge in [0.25, 0.3) is 0 Å². The standard InChI is InChI=1S/C24H22Cl2N2O3S/c1-14(2)12-21-23(28-32(3,29)30)19-13-18(15-8-10-16(25)11-9-15)22(27-24(19)31-21)17-6-4-5-7-20(17)26/h4-11,13-14,28H,12H2,1-3H3. The maximum Gasteiger partial charge on any atom is 0.229 e. The largest absolute Gasteiger partial charge is 0.440 e. The molecule has 0 bridgehead atoms. The lowest BCUT2D eigenvalue weighted by Gasteiger charge is -2.12. The van der Waals surface area contributed by atoms with Crippen LogP contribution in [0.15, 0.2) is 59.0 Å². The summed E-state index contributed by atoms with van der Waals surface area (Å²) in [6, 6.07) is 16.7. The molecule has 166 valence electrons. The molecule has 0 amide bonds. The molecule has 0 saturated heterocycles. The van der Waals surface area contributed by atoms with Crippen LogP contribution < -0.4 is 4.72 Å². The van der Waals surface area contributed by atoms with Crippen molar-refractivity contribution in [3.8, 4) is 22.4 Å². The molecule has 0 atom stereocenters. The fourth-order valence-corrected chi connectivity index (χ4v) is 4.54. The van der Waals surface area contributed by atoms with Crippen molar-refractivity contribution in [2.75, 3.05) is 11.0 Å². The Morgan fingerprint density at radius 1 is 1.03 bits per heavy atom. The number of benzene rings is 2. The average molecular weight is 489 g/mol. The zero-order chi connectivity index (χ0) is 23.0. The first-order valence-electron chi connectivity index (χ1n) is 10.1. The molecular weight excluding hydrogens is 467 g/mol. The van der Waals surface area contributed by atoms with E-state index in [-0.39, 0.29) is 5.92 Å². The van der Waals surface area contributed by atoms with Gasteiger partial charge in [-0.15, -0.1) is 0 Å². The molecule has 2 aromatic heterocycles. The minimum Gasteiger partial charge on any atom is -0.440 e. The van der Waals surface area contributed by atoms with E-state index in [4.69, 9.17) is 32.6 Å². The van der Waals surface area contributed by atoms with Gasteiger partial charge in [-0.1, -0.05) is 67.4 Å². The fourth-order valence-electron chi connectivity index (χ4n) is 3.59. The van der Waals surface area contributed by atoms with Crippen LogP contribution in [-0.4, -0.2) is 19.7 Å². The first kappa shape index (κ1) is 22.6. The summed E-state index contributed by atoms with van der Waals surface area (Å²) in [6.07, 6.45) is 1.68. The van der Waals surface area contributed by atoms with Crippen molar-refractivity contribution in [1.29, 1.82) is 0 Å². The highest BCUT2D eigenvalue weighted by molar-refractivity contribution is 7.92. The lowest BCUT2D eigenvalue weighted by atomic mass is 9.98. The van der Waals surface area contributed by atoms with E-state index in [1.807, 2.05) is 50.2 Å². The lowest BCUT2D eigenvalue weighted by molar-refractivity contribution is 0.496. The number of aromatic nitrogens is 1. The second kappa shape index (κ2) is 8.77. The highest BCUT2D eigenvalue weighted by Crippen LogP contribution is 2.41. The van der Waals surface area contributed by atoms with Crippen LogP contribution in [0.5, 0.6) is 0 Å². The molecular formula is C24H22Cl2N2O3S. The fraction of sp³-hybridized carbons (Fsp3) is 0.208. The molecule has 0 radical (unpaired) electrons. The lowest BCUT2D eigenvalue weighted by Crippen LogP contribution is -2.11. The Balaban J connectivity index is 2.05. The number of hydrogen-bond donors (Lipinski definition) is 1. The monoisotopic (exact) mass is 488 g/mol. The highest BCUT2D eigenvalue weighted by atomic mass is 35.5. The minimum atomic E-state index is -3.53. The van der Waals surface area contributed by atoms with Gasteiger partial charge in [0.1, 0.15) is 5.76 Å². The Hall–Kier alpha value is -2.54. The molecule has 0 unspecified atom stereocenters. The van der Waals surface area contributed by atoms with E-state index in [0.29, 0.717) is 44.7 Å². The Morgan fingerprint density at radius 2 is 1.72 bits per heavy atom. The predicted octanol–water partition coefficient (Wildman–Crippen LogP) is 7.04. The molecule has 4 aromatic rings. The Bertz CT molecular complexity index is 1400. The summed E-state index contributed by atoms with van der Waals surface area (Å²) in [4.78, 5) is 4.80.